The Morgan fingerprint density at radius 1 is 0.935 bits per heavy atom. The Bertz CT molecular complexity index is 1150. The Labute approximate surface area is 184 Å². The third-order valence-corrected chi connectivity index (χ3v) is 5.55. The number of amides is 2. The van der Waals surface area contributed by atoms with Crippen molar-refractivity contribution in [2.45, 2.75) is 18.7 Å². The molecule has 0 bridgehead atoms. The quantitative estimate of drug-likeness (QED) is 0.302. The number of carbonyl (C=O) groups is 2. The van der Waals surface area contributed by atoms with Crippen molar-refractivity contribution in [3.05, 3.63) is 93.5 Å². The second kappa shape index (κ2) is 9.90. The van der Waals surface area contributed by atoms with Crippen molar-refractivity contribution >= 4 is 40.6 Å². The molecule has 3 aromatic carbocycles. The van der Waals surface area contributed by atoms with Gasteiger partial charge in [0.05, 0.1) is 16.4 Å². The molecule has 8 heteroatoms. The summed E-state index contributed by atoms with van der Waals surface area (Å²) in [7, 11) is 0. The summed E-state index contributed by atoms with van der Waals surface area (Å²) in [5, 5.41) is 16.5. The van der Waals surface area contributed by atoms with E-state index in [2.05, 4.69) is 10.6 Å². The molecular weight excluding hydrogens is 414 g/mol. The van der Waals surface area contributed by atoms with Crippen molar-refractivity contribution in [3.63, 3.8) is 0 Å². The van der Waals surface area contributed by atoms with E-state index in [4.69, 9.17) is 0 Å². The minimum Gasteiger partial charge on any atom is -0.325 e. The zero-order chi connectivity index (χ0) is 22.4. The van der Waals surface area contributed by atoms with E-state index in [-0.39, 0.29) is 23.3 Å². The van der Waals surface area contributed by atoms with Crippen LogP contribution < -0.4 is 10.6 Å². The summed E-state index contributed by atoms with van der Waals surface area (Å²) in [5.74, 6) is -0.348. The molecule has 0 radical (unpaired) electrons. The van der Waals surface area contributed by atoms with Gasteiger partial charge in [0, 0.05) is 28.3 Å². The molecule has 0 spiro atoms. The van der Waals surface area contributed by atoms with Crippen molar-refractivity contribution in [1.29, 1.82) is 0 Å². The van der Waals surface area contributed by atoms with Gasteiger partial charge in [-0.05, 0) is 49.2 Å². The van der Waals surface area contributed by atoms with Gasteiger partial charge in [0.2, 0.25) is 5.91 Å². The Morgan fingerprint density at radius 3 is 2.45 bits per heavy atom. The summed E-state index contributed by atoms with van der Waals surface area (Å²) in [5.41, 5.74) is 3.20. The summed E-state index contributed by atoms with van der Waals surface area (Å²) < 4.78 is 0. The van der Waals surface area contributed by atoms with Crippen molar-refractivity contribution in [3.8, 4) is 0 Å². The molecule has 3 rings (SSSR count). The lowest BCUT2D eigenvalue weighted by molar-refractivity contribution is -0.384. The molecule has 0 aliphatic rings. The highest BCUT2D eigenvalue weighted by Gasteiger charge is 2.12. The highest BCUT2D eigenvalue weighted by molar-refractivity contribution is 8.00. The van der Waals surface area contributed by atoms with Crippen LogP contribution in [0.4, 0.5) is 17.1 Å². The first-order valence-corrected chi connectivity index (χ1v) is 10.5. The molecule has 0 heterocycles. The Hall–Kier alpha value is -3.65. The fourth-order valence-electron chi connectivity index (χ4n) is 2.88. The molecule has 2 amide bonds. The number of non-ortho nitro benzene ring substituents is 1. The minimum atomic E-state index is -0.499. The maximum absolute atomic E-state index is 12.5. The highest BCUT2D eigenvalue weighted by Crippen LogP contribution is 2.25. The van der Waals surface area contributed by atoms with Crippen LogP contribution in [-0.4, -0.2) is 22.5 Å². The fourth-order valence-corrected chi connectivity index (χ4v) is 3.64. The molecule has 0 aliphatic carbocycles. The number of hydrogen-bond acceptors (Lipinski definition) is 5. The number of rotatable bonds is 7. The third kappa shape index (κ3) is 5.93. The predicted octanol–water partition coefficient (Wildman–Crippen LogP) is 5.19. The second-order valence-electron chi connectivity index (χ2n) is 6.89. The minimum absolute atomic E-state index is 0.0781. The van der Waals surface area contributed by atoms with Gasteiger partial charge in [0.1, 0.15) is 0 Å². The van der Waals surface area contributed by atoms with Gasteiger partial charge in [0.15, 0.2) is 0 Å². The molecule has 0 atom stereocenters. The van der Waals surface area contributed by atoms with Crippen LogP contribution in [0.5, 0.6) is 0 Å². The van der Waals surface area contributed by atoms with Crippen LogP contribution in [0.2, 0.25) is 0 Å². The van der Waals surface area contributed by atoms with E-state index >= 15 is 0 Å². The Balaban J connectivity index is 1.61. The lowest BCUT2D eigenvalue weighted by Gasteiger charge is -2.10. The van der Waals surface area contributed by atoms with Crippen LogP contribution in [0.25, 0.3) is 0 Å². The fraction of sp³-hybridized carbons (Fsp3) is 0.130. The SMILES string of the molecule is Cc1ccc([N+](=O)[O-])cc1NC(=O)CSc1cccc(NC(=O)c2ccccc2C)c1. The Morgan fingerprint density at radius 2 is 1.71 bits per heavy atom. The van der Waals surface area contributed by atoms with Crippen molar-refractivity contribution in [1.82, 2.24) is 0 Å². The molecule has 0 aliphatic heterocycles. The third-order valence-electron chi connectivity index (χ3n) is 4.56. The number of nitrogens with zero attached hydrogens (tertiary/aromatic N) is 1. The van der Waals surface area contributed by atoms with E-state index in [1.165, 1.54) is 23.9 Å². The number of carbonyl (C=O) groups excluding carboxylic acids is 2. The summed E-state index contributed by atoms with van der Waals surface area (Å²) in [6, 6.07) is 18.9. The highest BCUT2D eigenvalue weighted by atomic mass is 32.2. The molecule has 7 nitrogen and oxygen atoms in total. The molecule has 0 unspecified atom stereocenters. The monoisotopic (exact) mass is 435 g/mol. The normalized spacial score (nSPS) is 10.4. The zero-order valence-electron chi connectivity index (χ0n) is 17.0. The first-order valence-electron chi connectivity index (χ1n) is 9.48. The maximum Gasteiger partial charge on any atom is 0.271 e. The largest absolute Gasteiger partial charge is 0.325 e. The number of benzene rings is 3. The maximum atomic E-state index is 12.5. The van der Waals surface area contributed by atoms with E-state index in [1.54, 1.807) is 37.3 Å². The lowest BCUT2D eigenvalue weighted by Crippen LogP contribution is -2.15. The van der Waals surface area contributed by atoms with E-state index in [9.17, 15) is 19.7 Å². The average molecular weight is 436 g/mol. The molecule has 0 saturated heterocycles. The predicted molar refractivity (Wildman–Crippen MR) is 123 cm³/mol. The molecule has 3 aromatic rings. The standard InChI is InChI=1S/C23H21N3O4S/c1-15-6-3-4-9-20(15)23(28)24-17-7-5-8-19(12-17)31-14-22(27)25-21-13-18(26(29)30)11-10-16(21)2/h3-13H,14H2,1-2H3,(H,24,28)(H,25,27). The van der Waals surface area contributed by atoms with Gasteiger partial charge in [-0.3, -0.25) is 19.7 Å². The van der Waals surface area contributed by atoms with Crippen LogP contribution in [0, 0.1) is 24.0 Å². The van der Waals surface area contributed by atoms with Gasteiger partial charge >= 0.3 is 0 Å². The van der Waals surface area contributed by atoms with Crippen molar-refractivity contribution in [2.75, 3.05) is 16.4 Å². The van der Waals surface area contributed by atoms with Crippen LogP contribution >= 0.6 is 11.8 Å². The summed E-state index contributed by atoms with van der Waals surface area (Å²) in [6.45, 7) is 3.65. The number of thioether (sulfide) groups is 1. The number of anilines is 2. The number of nitro groups is 1. The molecule has 31 heavy (non-hydrogen) atoms. The summed E-state index contributed by atoms with van der Waals surface area (Å²) >= 11 is 1.31. The van der Waals surface area contributed by atoms with Gasteiger partial charge in [-0.2, -0.15) is 0 Å². The molecule has 158 valence electrons. The van der Waals surface area contributed by atoms with E-state index in [0.29, 0.717) is 16.9 Å². The lowest BCUT2D eigenvalue weighted by atomic mass is 10.1. The van der Waals surface area contributed by atoms with Crippen LogP contribution in [0.15, 0.2) is 71.6 Å². The smallest absolute Gasteiger partial charge is 0.271 e. The zero-order valence-corrected chi connectivity index (χ0v) is 17.9. The van der Waals surface area contributed by atoms with Gasteiger partial charge < -0.3 is 10.6 Å². The number of nitrogens with one attached hydrogen (secondary N) is 2. The van der Waals surface area contributed by atoms with E-state index < -0.39 is 4.92 Å². The van der Waals surface area contributed by atoms with Gasteiger partial charge in [-0.25, -0.2) is 0 Å². The summed E-state index contributed by atoms with van der Waals surface area (Å²) in [6.07, 6.45) is 0. The van der Waals surface area contributed by atoms with Crippen molar-refractivity contribution < 1.29 is 14.5 Å². The molecule has 2 N–H and O–H groups in total. The topological polar surface area (TPSA) is 101 Å². The van der Waals surface area contributed by atoms with Crippen LogP contribution in [0.1, 0.15) is 21.5 Å². The number of hydrogen-bond donors (Lipinski definition) is 2. The van der Waals surface area contributed by atoms with E-state index in [1.807, 2.05) is 31.2 Å². The van der Waals surface area contributed by atoms with Crippen molar-refractivity contribution in [2.24, 2.45) is 0 Å². The number of aryl methyl sites for hydroxylation is 2. The second-order valence-corrected chi connectivity index (χ2v) is 7.94. The molecular formula is C23H21N3O4S. The molecule has 0 saturated carbocycles. The first kappa shape index (κ1) is 22.0. The summed E-state index contributed by atoms with van der Waals surface area (Å²) in [4.78, 5) is 36.1. The average Bonchev–Trinajstić information content (AvgIpc) is 2.74. The Kier molecular flexibility index (Phi) is 7.04. The molecule has 0 fully saturated rings. The van der Waals surface area contributed by atoms with Crippen LogP contribution in [0.3, 0.4) is 0 Å². The van der Waals surface area contributed by atoms with E-state index in [0.717, 1.165) is 16.0 Å². The van der Waals surface area contributed by atoms with Gasteiger partial charge in [0.25, 0.3) is 11.6 Å². The molecule has 0 aromatic heterocycles. The first-order chi connectivity index (χ1) is 14.8. The van der Waals surface area contributed by atoms with Crippen LogP contribution in [-0.2, 0) is 4.79 Å². The van der Waals surface area contributed by atoms with Gasteiger partial charge in [-0.15, -0.1) is 11.8 Å². The van der Waals surface area contributed by atoms with Gasteiger partial charge in [-0.1, -0.05) is 30.3 Å². The number of nitro benzene ring substituents is 1.